The van der Waals surface area contributed by atoms with Crippen molar-refractivity contribution in [3.8, 4) is 0 Å². The molecule has 0 amide bonds. The monoisotopic (exact) mass is 290 g/mol. The van der Waals surface area contributed by atoms with E-state index in [9.17, 15) is 4.39 Å². The minimum absolute atomic E-state index is 0.301. The number of halogens is 1. The lowest BCUT2D eigenvalue weighted by Crippen LogP contribution is -2.28. The van der Waals surface area contributed by atoms with Gasteiger partial charge in [-0.1, -0.05) is 0 Å². The molecule has 5 heteroatoms. The van der Waals surface area contributed by atoms with Crippen molar-refractivity contribution < 1.29 is 4.39 Å². The molecule has 0 aliphatic heterocycles. The Morgan fingerprint density at radius 2 is 2.05 bits per heavy atom. The fourth-order valence-corrected chi connectivity index (χ4v) is 2.53. The van der Waals surface area contributed by atoms with Crippen molar-refractivity contribution >= 4 is 22.3 Å². The summed E-state index contributed by atoms with van der Waals surface area (Å²) in [6.45, 7) is 4.53. The Morgan fingerprint density at radius 3 is 2.71 bits per heavy atom. The molecule has 2 rings (SSSR count). The standard InChI is InChI=1S/C16H23FN4/c1-4-21(10-6-9-20(2)3)16-13(17)11-14(18)12-7-5-8-19-15(12)16/h5,7-8,11H,4,6,9-10,18H2,1-3H3. The van der Waals surface area contributed by atoms with Crippen molar-refractivity contribution in [1.82, 2.24) is 9.88 Å². The number of hydrogen-bond acceptors (Lipinski definition) is 4. The molecule has 0 radical (unpaired) electrons. The largest absolute Gasteiger partial charge is 0.398 e. The fourth-order valence-electron chi connectivity index (χ4n) is 2.53. The van der Waals surface area contributed by atoms with E-state index in [1.54, 1.807) is 6.20 Å². The zero-order valence-corrected chi connectivity index (χ0v) is 12.9. The molecular formula is C16H23FN4. The third-order valence-corrected chi connectivity index (χ3v) is 3.58. The summed E-state index contributed by atoms with van der Waals surface area (Å²) in [5, 5.41) is 0.806. The van der Waals surface area contributed by atoms with Gasteiger partial charge in [0, 0.05) is 30.4 Å². The van der Waals surface area contributed by atoms with Gasteiger partial charge >= 0.3 is 0 Å². The molecule has 1 heterocycles. The van der Waals surface area contributed by atoms with Crippen LogP contribution in [0.15, 0.2) is 24.4 Å². The van der Waals surface area contributed by atoms with Crippen LogP contribution in [0.4, 0.5) is 15.8 Å². The minimum atomic E-state index is -0.301. The van der Waals surface area contributed by atoms with Gasteiger partial charge in [-0.05, 0) is 52.2 Å². The lowest BCUT2D eigenvalue weighted by Gasteiger charge is -2.25. The number of rotatable bonds is 6. The second-order valence-electron chi connectivity index (χ2n) is 5.43. The number of nitrogens with zero attached hydrogens (tertiary/aromatic N) is 3. The van der Waals surface area contributed by atoms with Crippen LogP contribution in [0.3, 0.4) is 0 Å². The number of benzene rings is 1. The van der Waals surface area contributed by atoms with Gasteiger partial charge in [-0.25, -0.2) is 4.39 Å². The van der Waals surface area contributed by atoms with Crippen LogP contribution in [-0.4, -0.2) is 43.6 Å². The molecule has 0 unspecified atom stereocenters. The Labute approximate surface area is 125 Å². The maximum absolute atomic E-state index is 14.4. The molecule has 0 bridgehead atoms. The SMILES string of the molecule is CCN(CCCN(C)C)c1c(F)cc(N)c2cccnc12. The molecule has 0 saturated carbocycles. The van der Waals surface area contributed by atoms with Crippen molar-refractivity contribution in [3.63, 3.8) is 0 Å². The minimum Gasteiger partial charge on any atom is -0.398 e. The Bertz CT molecular complexity index is 612. The van der Waals surface area contributed by atoms with Crippen molar-refractivity contribution in [2.75, 3.05) is 44.4 Å². The summed E-state index contributed by atoms with van der Waals surface area (Å²) < 4.78 is 14.4. The molecular weight excluding hydrogens is 267 g/mol. The molecule has 1 aromatic carbocycles. The molecule has 0 atom stereocenters. The first-order valence-electron chi connectivity index (χ1n) is 7.27. The smallest absolute Gasteiger partial charge is 0.150 e. The van der Waals surface area contributed by atoms with Crippen molar-refractivity contribution in [2.24, 2.45) is 0 Å². The van der Waals surface area contributed by atoms with Crippen LogP contribution < -0.4 is 10.6 Å². The molecule has 0 aliphatic carbocycles. The van der Waals surface area contributed by atoms with Gasteiger partial charge in [0.15, 0.2) is 5.82 Å². The fraction of sp³-hybridized carbons (Fsp3) is 0.438. The Hall–Kier alpha value is -1.88. The van der Waals surface area contributed by atoms with Crippen LogP contribution in [-0.2, 0) is 0 Å². The van der Waals surface area contributed by atoms with Crippen molar-refractivity contribution in [3.05, 3.63) is 30.2 Å². The molecule has 1 aromatic heterocycles. The molecule has 0 aliphatic rings. The molecule has 2 aromatic rings. The van der Waals surface area contributed by atoms with Crippen molar-refractivity contribution in [2.45, 2.75) is 13.3 Å². The van der Waals surface area contributed by atoms with Crippen LogP contribution in [0.5, 0.6) is 0 Å². The number of fused-ring (bicyclic) bond motifs is 1. The van der Waals surface area contributed by atoms with E-state index in [-0.39, 0.29) is 5.82 Å². The zero-order valence-electron chi connectivity index (χ0n) is 12.9. The van der Waals surface area contributed by atoms with E-state index < -0.39 is 0 Å². The first-order valence-corrected chi connectivity index (χ1v) is 7.27. The summed E-state index contributed by atoms with van der Waals surface area (Å²) in [6.07, 6.45) is 2.65. The van der Waals surface area contributed by atoms with Gasteiger partial charge in [-0.2, -0.15) is 0 Å². The number of pyridine rings is 1. The molecule has 0 spiro atoms. The van der Waals surface area contributed by atoms with Crippen LogP contribution in [0.25, 0.3) is 10.9 Å². The normalized spacial score (nSPS) is 11.3. The van der Waals surface area contributed by atoms with Gasteiger partial charge in [-0.3, -0.25) is 4.98 Å². The molecule has 4 nitrogen and oxygen atoms in total. The predicted octanol–water partition coefficient (Wildman–Crippen LogP) is 2.73. The molecule has 2 N–H and O–H groups in total. The Balaban J connectivity index is 2.38. The lowest BCUT2D eigenvalue weighted by molar-refractivity contribution is 0.400. The summed E-state index contributed by atoms with van der Waals surface area (Å²) in [5.74, 6) is -0.301. The van der Waals surface area contributed by atoms with Crippen LogP contribution in [0, 0.1) is 5.82 Å². The topological polar surface area (TPSA) is 45.4 Å². The van der Waals surface area contributed by atoms with Gasteiger partial charge in [0.25, 0.3) is 0 Å². The third-order valence-electron chi connectivity index (χ3n) is 3.58. The van der Waals surface area contributed by atoms with Crippen LogP contribution >= 0.6 is 0 Å². The van der Waals surface area contributed by atoms with E-state index in [2.05, 4.69) is 9.88 Å². The predicted molar refractivity (Wildman–Crippen MR) is 87.2 cm³/mol. The molecule has 21 heavy (non-hydrogen) atoms. The van der Waals surface area contributed by atoms with Gasteiger partial charge in [0.2, 0.25) is 0 Å². The number of hydrogen-bond donors (Lipinski definition) is 1. The number of anilines is 2. The quantitative estimate of drug-likeness (QED) is 0.831. The summed E-state index contributed by atoms with van der Waals surface area (Å²) in [4.78, 5) is 8.51. The highest BCUT2D eigenvalue weighted by atomic mass is 19.1. The number of aromatic nitrogens is 1. The maximum Gasteiger partial charge on any atom is 0.150 e. The van der Waals surface area contributed by atoms with E-state index in [4.69, 9.17) is 5.73 Å². The van der Waals surface area contributed by atoms with Gasteiger partial charge in [-0.15, -0.1) is 0 Å². The van der Waals surface area contributed by atoms with Gasteiger partial charge in [0.1, 0.15) is 0 Å². The third kappa shape index (κ3) is 3.42. The molecule has 0 fully saturated rings. The molecule has 114 valence electrons. The lowest BCUT2D eigenvalue weighted by atomic mass is 10.1. The summed E-state index contributed by atoms with van der Waals surface area (Å²) >= 11 is 0. The second kappa shape index (κ2) is 6.72. The average Bonchev–Trinajstić information content (AvgIpc) is 2.45. The second-order valence-corrected chi connectivity index (χ2v) is 5.43. The van der Waals surface area contributed by atoms with E-state index in [1.165, 1.54) is 6.07 Å². The highest BCUT2D eigenvalue weighted by Gasteiger charge is 2.17. The van der Waals surface area contributed by atoms with Gasteiger partial charge < -0.3 is 15.5 Å². The van der Waals surface area contributed by atoms with E-state index >= 15 is 0 Å². The summed E-state index contributed by atoms with van der Waals surface area (Å²) in [7, 11) is 4.08. The summed E-state index contributed by atoms with van der Waals surface area (Å²) in [5.41, 5.74) is 7.53. The van der Waals surface area contributed by atoms with Crippen molar-refractivity contribution in [1.29, 1.82) is 0 Å². The zero-order chi connectivity index (χ0) is 15.4. The highest BCUT2D eigenvalue weighted by Crippen LogP contribution is 2.32. The van der Waals surface area contributed by atoms with Gasteiger partial charge in [0.05, 0.1) is 11.2 Å². The van der Waals surface area contributed by atoms with E-state index in [1.807, 2.05) is 38.1 Å². The van der Waals surface area contributed by atoms with E-state index in [0.717, 1.165) is 31.4 Å². The van der Waals surface area contributed by atoms with E-state index in [0.29, 0.717) is 16.9 Å². The molecule has 0 saturated heterocycles. The number of nitrogens with two attached hydrogens (primary N) is 1. The van der Waals surface area contributed by atoms with Crippen LogP contribution in [0.1, 0.15) is 13.3 Å². The average molecular weight is 290 g/mol. The Kier molecular flexibility index (Phi) is 4.96. The first kappa shape index (κ1) is 15.5. The first-order chi connectivity index (χ1) is 10.0. The number of nitrogen functional groups attached to an aromatic ring is 1. The Morgan fingerprint density at radius 1 is 1.29 bits per heavy atom. The van der Waals surface area contributed by atoms with Crippen LogP contribution in [0.2, 0.25) is 0 Å². The summed E-state index contributed by atoms with van der Waals surface area (Å²) in [6, 6.07) is 5.10. The highest BCUT2D eigenvalue weighted by molar-refractivity contribution is 5.98. The maximum atomic E-state index is 14.4.